The molecule has 0 saturated carbocycles. The van der Waals surface area contributed by atoms with Gasteiger partial charge in [-0.05, 0) is 45.0 Å². The van der Waals surface area contributed by atoms with Gasteiger partial charge >= 0.3 is 13.6 Å². The van der Waals surface area contributed by atoms with E-state index in [2.05, 4.69) is 31.9 Å². The number of nitrogens with one attached hydrogen (secondary N) is 3. The molecular weight excluding hydrogens is 425 g/mol. The lowest BCUT2D eigenvalue weighted by Gasteiger charge is -2.18. The molecule has 0 aromatic heterocycles. The molecule has 0 radical (unpaired) electrons. The van der Waals surface area contributed by atoms with Gasteiger partial charge in [-0.25, -0.2) is 4.79 Å². The maximum Gasteiger partial charge on any atom is 0.332 e. The van der Waals surface area contributed by atoms with E-state index in [9.17, 15) is 14.2 Å². The van der Waals surface area contributed by atoms with Gasteiger partial charge < -0.3 is 25.0 Å². The number of carbonyl (C=O) groups excluding carboxylic acids is 2. The van der Waals surface area contributed by atoms with Crippen LogP contribution in [0.2, 0.25) is 0 Å². The first kappa shape index (κ1) is 22.6. The molecule has 146 valence electrons. The number of rotatable bonds is 10. The topological polar surface area (TPSA) is 106 Å². The van der Waals surface area contributed by atoms with Crippen LogP contribution >= 0.6 is 23.5 Å². The number of benzene rings is 1. The van der Waals surface area contributed by atoms with Crippen LogP contribution in [0.3, 0.4) is 0 Å². The number of carbonyl (C=O) groups is 2. The molecule has 1 aromatic carbocycles. The van der Waals surface area contributed by atoms with Crippen LogP contribution in [0.1, 0.15) is 20.8 Å². The Balaban J connectivity index is 2.40. The fourth-order valence-corrected chi connectivity index (χ4v) is 3.76. The maximum absolute atomic E-state index is 12.3. The van der Waals surface area contributed by atoms with Gasteiger partial charge in [0.15, 0.2) is 0 Å². The van der Waals surface area contributed by atoms with E-state index in [1.165, 1.54) is 0 Å². The van der Waals surface area contributed by atoms with Gasteiger partial charge in [-0.1, -0.05) is 15.9 Å². The van der Waals surface area contributed by atoms with E-state index in [1.54, 1.807) is 45.0 Å². The lowest BCUT2D eigenvalue weighted by Crippen LogP contribution is -2.46. The molecule has 10 heteroatoms. The van der Waals surface area contributed by atoms with E-state index in [-0.39, 0.29) is 25.9 Å². The second kappa shape index (κ2) is 11.3. The highest BCUT2D eigenvalue weighted by molar-refractivity contribution is 9.10. The summed E-state index contributed by atoms with van der Waals surface area (Å²) in [6.07, 6.45) is 0.0677. The number of urea groups is 1. The summed E-state index contributed by atoms with van der Waals surface area (Å²) in [4.78, 5) is 24.0. The van der Waals surface area contributed by atoms with Crippen LogP contribution in [0.5, 0.6) is 0 Å². The molecule has 1 atom stereocenters. The van der Waals surface area contributed by atoms with Gasteiger partial charge in [0.1, 0.15) is 6.04 Å². The zero-order valence-electron chi connectivity index (χ0n) is 15.1. The Morgan fingerprint density at radius 2 is 1.73 bits per heavy atom. The van der Waals surface area contributed by atoms with Crippen molar-refractivity contribution in [2.24, 2.45) is 0 Å². The molecule has 3 N–H and O–H groups in total. The average molecular weight is 450 g/mol. The second-order valence-corrected chi connectivity index (χ2v) is 8.39. The molecule has 3 amide bonds. The summed E-state index contributed by atoms with van der Waals surface area (Å²) in [5.41, 5.74) is 0.604. The van der Waals surface area contributed by atoms with Gasteiger partial charge in [0.05, 0.1) is 19.4 Å². The third kappa shape index (κ3) is 8.31. The highest BCUT2D eigenvalue weighted by Crippen LogP contribution is 2.47. The highest BCUT2D eigenvalue weighted by Gasteiger charge is 2.24. The summed E-state index contributed by atoms with van der Waals surface area (Å²) in [7, 11) is -3.20. The molecule has 26 heavy (non-hydrogen) atoms. The zero-order valence-corrected chi connectivity index (χ0v) is 17.6. The summed E-state index contributed by atoms with van der Waals surface area (Å²) < 4.78 is 23.5. The first-order valence-corrected chi connectivity index (χ1v) is 10.8. The minimum atomic E-state index is -3.20. The first-order chi connectivity index (χ1) is 12.3. The molecule has 1 rings (SSSR count). The van der Waals surface area contributed by atoms with Crippen molar-refractivity contribution >= 4 is 41.2 Å². The van der Waals surface area contributed by atoms with E-state index in [4.69, 9.17) is 9.05 Å². The smallest absolute Gasteiger partial charge is 0.332 e. The van der Waals surface area contributed by atoms with Crippen LogP contribution in [0.15, 0.2) is 28.7 Å². The van der Waals surface area contributed by atoms with Crippen molar-refractivity contribution in [1.82, 2.24) is 10.6 Å². The van der Waals surface area contributed by atoms with Crippen molar-refractivity contribution in [3.05, 3.63) is 28.7 Å². The average Bonchev–Trinajstić information content (AvgIpc) is 2.57. The van der Waals surface area contributed by atoms with E-state index in [0.29, 0.717) is 5.69 Å². The summed E-state index contributed by atoms with van der Waals surface area (Å²) in [5.74, 6) is -0.393. The Morgan fingerprint density at radius 3 is 2.27 bits per heavy atom. The van der Waals surface area contributed by atoms with E-state index in [0.717, 1.165) is 4.47 Å². The third-order valence-electron chi connectivity index (χ3n) is 3.18. The SMILES string of the molecule is CCOP(=O)(CCNC(=O)C(C)NC(=O)Nc1ccc(Br)cc1)OCC. The molecule has 8 nitrogen and oxygen atoms in total. The fraction of sp³-hybridized carbons (Fsp3) is 0.500. The lowest BCUT2D eigenvalue weighted by atomic mass is 10.3. The van der Waals surface area contributed by atoms with Crippen LogP contribution in [-0.4, -0.2) is 43.9 Å². The quantitative estimate of drug-likeness (QED) is 0.475. The van der Waals surface area contributed by atoms with Gasteiger partial charge in [0, 0.05) is 16.7 Å². The van der Waals surface area contributed by atoms with Gasteiger partial charge in [-0.3, -0.25) is 9.36 Å². The van der Waals surface area contributed by atoms with Crippen molar-refractivity contribution < 1.29 is 23.2 Å². The monoisotopic (exact) mass is 449 g/mol. The zero-order chi connectivity index (χ0) is 19.6. The number of hydrogen-bond acceptors (Lipinski definition) is 5. The molecule has 1 aromatic rings. The summed E-state index contributed by atoms with van der Waals surface area (Å²) in [6.45, 7) is 5.65. The standard InChI is InChI=1S/C16H25BrN3O5P/c1-4-24-26(23,25-5-2)11-10-18-15(21)12(3)19-16(22)20-14-8-6-13(17)7-9-14/h6-9,12H,4-5,10-11H2,1-3H3,(H,18,21)(H2,19,20,22). The molecule has 0 aliphatic rings. The fourth-order valence-electron chi connectivity index (χ4n) is 1.99. The van der Waals surface area contributed by atoms with Crippen LogP contribution in [0.25, 0.3) is 0 Å². The molecule has 0 fully saturated rings. The van der Waals surface area contributed by atoms with Gasteiger partial charge in [0.2, 0.25) is 5.91 Å². The van der Waals surface area contributed by atoms with Crippen LogP contribution in [-0.2, 0) is 18.4 Å². The largest absolute Gasteiger partial charge is 0.354 e. The van der Waals surface area contributed by atoms with Crippen molar-refractivity contribution in [3.63, 3.8) is 0 Å². The predicted octanol–water partition coefficient (Wildman–Crippen LogP) is 3.34. The Labute approximate surface area is 162 Å². The maximum atomic E-state index is 12.3. The number of anilines is 1. The minimum absolute atomic E-state index is 0.0677. The van der Waals surface area contributed by atoms with Crippen molar-refractivity contribution in [2.75, 3.05) is 31.2 Å². The molecular formula is C16H25BrN3O5P. The number of hydrogen-bond donors (Lipinski definition) is 3. The highest BCUT2D eigenvalue weighted by atomic mass is 79.9. The Morgan fingerprint density at radius 1 is 1.15 bits per heavy atom. The van der Waals surface area contributed by atoms with E-state index >= 15 is 0 Å². The number of halogens is 1. The lowest BCUT2D eigenvalue weighted by molar-refractivity contribution is -0.122. The molecule has 0 saturated heterocycles. The third-order valence-corrected chi connectivity index (χ3v) is 5.78. The van der Waals surface area contributed by atoms with Crippen molar-refractivity contribution in [2.45, 2.75) is 26.8 Å². The number of amides is 3. The van der Waals surface area contributed by atoms with Crippen molar-refractivity contribution in [1.29, 1.82) is 0 Å². The molecule has 0 aliphatic carbocycles. The van der Waals surface area contributed by atoms with Gasteiger partial charge in [-0.15, -0.1) is 0 Å². The molecule has 1 unspecified atom stereocenters. The van der Waals surface area contributed by atoms with Crippen LogP contribution < -0.4 is 16.0 Å². The normalized spacial score (nSPS) is 12.3. The minimum Gasteiger partial charge on any atom is -0.354 e. The summed E-state index contributed by atoms with van der Waals surface area (Å²) in [6, 6.07) is 5.79. The van der Waals surface area contributed by atoms with E-state index in [1.807, 2.05) is 0 Å². The van der Waals surface area contributed by atoms with E-state index < -0.39 is 25.6 Å². The van der Waals surface area contributed by atoms with Gasteiger partial charge in [-0.2, -0.15) is 0 Å². The Bertz CT molecular complexity index is 631. The predicted molar refractivity (Wildman–Crippen MR) is 104 cm³/mol. The van der Waals surface area contributed by atoms with Crippen LogP contribution in [0, 0.1) is 0 Å². The Hall–Kier alpha value is -1.41. The Kier molecular flexibility index (Phi) is 9.87. The molecule has 0 aliphatic heterocycles. The first-order valence-electron chi connectivity index (χ1n) is 8.28. The van der Waals surface area contributed by atoms with Crippen molar-refractivity contribution in [3.8, 4) is 0 Å². The van der Waals surface area contributed by atoms with Crippen LogP contribution in [0.4, 0.5) is 10.5 Å². The summed E-state index contributed by atoms with van der Waals surface area (Å²) in [5, 5.41) is 7.78. The molecule has 0 heterocycles. The molecule has 0 bridgehead atoms. The molecule has 0 spiro atoms. The second-order valence-electron chi connectivity index (χ2n) is 5.29. The summed E-state index contributed by atoms with van der Waals surface area (Å²) >= 11 is 3.31. The van der Waals surface area contributed by atoms with Gasteiger partial charge in [0.25, 0.3) is 0 Å².